The van der Waals surface area contributed by atoms with Gasteiger partial charge in [-0.1, -0.05) is 58.0 Å². The predicted molar refractivity (Wildman–Crippen MR) is 132 cm³/mol. The largest absolute Gasteiger partial charge is 0.489 e. The highest BCUT2D eigenvalue weighted by atomic mass is 16.5. The highest BCUT2D eigenvalue weighted by Crippen LogP contribution is 2.69. The van der Waals surface area contributed by atoms with Gasteiger partial charge in [0, 0.05) is 48.9 Å². The summed E-state index contributed by atoms with van der Waals surface area (Å²) in [5, 5.41) is 1.04. The third kappa shape index (κ3) is 3.99. The van der Waals surface area contributed by atoms with Crippen LogP contribution in [-0.4, -0.2) is 23.6 Å². The van der Waals surface area contributed by atoms with Crippen LogP contribution in [0.4, 0.5) is 0 Å². The zero-order chi connectivity index (χ0) is 23.2. The number of ether oxygens (including phenoxy) is 2. The van der Waals surface area contributed by atoms with Crippen LogP contribution in [0, 0.1) is 22.7 Å². The van der Waals surface area contributed by atoms with E-state index in [9.17, 15) is 4.79 Å². The predicted octanol–water partition coefficient (Wildman–Crippen LogP) is 6.51. The average molecular weight is 446 g/mol. The van der Waals surface area contributed by atoms with E-state index in [0.717, 1.165) is 60.4 Å². The van der Waals surface area contributed by atoms with Gasteiger partial charge in [0.1, 0.15) is 12.4 Å². The van der Waals surface area contributed by atoms with Crippen LogP contribution in [0.5, 0.6) is 5.75 Å². The molecule has 1 aliphatic heterocycles. The fraction of sp³-hybridized carbons (Fsp3) is 0.483. The van der Waals surface area contributed by atoms with Crippen molar-refractivity contribution in [3.05, 3.63) is 65.9 Å². The molecule has 2 fully saturated rings. The first kappa shape index (κ1) is 22.2. The van der Waals surface area contributed by atoms with E-state index >= 15 is 0 Å². The van der Waals surface area contributed by atoms with Crippen molar-refractivity contribution in [3.8, 4) is 5.75 Å². The summed E-state index contributed by atoms with van der Waals surface area (Å²) in [7, 11) is 0. The Hall–Kier alpha value is -2.59. The summed E-state index contributed by atoms with van der Waals surface area (Å²) < 4.78 is 14.0. The van der Waals surface area contributed by atoms with Crippen LogP contribution in [0.3, 0.4) is 0 Å². The molecule has 1 saturated heterocycles. The standard InChI is InChI=1S/C29H35NO3/c1-28(2)27(29(28,3)4)26(31)24-18-30(17-20-12-14-32-15-13-20)25-16-22(10-11-23(24)25)33-19-21-8-6-5-7-9-21/h5-11,16,18,20,27H,12-15,17,19H2,1-4H3. The number of ketones is 1. The van der Waals surface area contributed by atoms with Crippen LogP contribution >= 0.6 is 0 Å². The minimum Gasteiger partial charge on any atom is -0.489 e. The van der Waals surface area contributed by atoms with Gasteiger partial charge >= 0.3 is 0 Å². The van der Waals surface area contributed by atoms with E-state index in [2.05, 4.69) is 62.7 Å². The second kappa shape index (κ2) is 8.32. The molecule has 0 amide bonds. The SMILES string of the molecule is CC1(C)C(C(=O)c2cn(CC3CCOCC3)c3cc(OCc4ccccc4)ccc23)C1(C)C. The number of benzene rings is 2. The summed E-state index contributed by atoms with van der Waals surface area (Å²) >= 11 is 0. The number of hydrogen-bond acceptors (Lipinski definition) is 3. The molecular weight excluding hydrogens is 410 g/mol. The van der Waals surface area contributed by atoms with Gasteiger partial charge in [0.25, 0.3) is 0 Å². The number of nitrogens with zero attached hydrogens (tertiary/aromatic N) is 1. The molecule has 1 aromatic heterocycles. The maximum absolute atomic E-state index is 13.7. The van der Waals surface area contributed by atoms with Crippen molar-refractivity contribution in [3.63, 3.8) is 0 Å². The third-order valence-electron chi connectivity index (χ3n) is 8.45. The van der Waals surface area contributed by atoms with E-state index in [-0.39, 0.29) is 22.5 Å². The molecule has 1 aliphatic carbocycles. The number of hydrogen-bond donors (Lipinski definition) is 0. The van der Waals surface area contributed by atoms with Gasteiger partial charge in [-0.15, -0.1) is 0 Å². The molecule has 0 bridgehead atoms. The van der Waals surface area contributed by atoms with Crippen LogP contribution in [0.2, 0.25) is 0 Å². The molecule has 2 heterocycles. The number of carbonyl (C=O) groups excluding carboxylic acids is 1. The van der Waals surface area contributed by atoms with E-state index in [0.29, 0.717) is 12.5 Å². The molecule has 0 atom stereocenters. The third-order valence-corrected chi connectivity index (χ3v) is 8.45. The fourth-order valence-electron chi connectivity index (χ4n) is 5.66. The lowest BCUT2D eigenvalue weighted by molar-refractivity contribution is 0.0616. The van der Waals surface area contributed by atoms with Crippen molar-refractivity contribution >= 4 is 16.7 Å². The Kier molecular flexibility index (Phi) is 5.60. The van der Waals surface area contributed by atoms with Crippen LogP contribution in [0.1, 0.15) is 56.5 Å². The monoisotopic (exact) mass is 445 g/mol. The molecule has 0 unspecified atom stereocenters. The van der Waals surface area contributed by atoms with E-state index in [1.807, 2.05) is 24.3 Å². The summed E-state index contributed by atoms with van der Waals surface area (Å²) in [6.45, 7) is 11.9. The maximum atomic E-state index is 13.7. The topological polar surface area (TPSA) is 40.5 Å². The lowest BCUT2D eigenvalue weighted by atomic mass is 10.0. The van der Waals surface area contributed by atoms with Crippen LogP contribution in [0.25, 0.3) is 10.9 Å². The number of aromatic nitrogens is 1. The van der Waals surface area contributed by atoms with Crippen LogP contribution < -0.4 is 4.74 Å². The first-order valence-corrected chi connectivity index (χ1v) is 12.2. The summed E-state index contributed by atoms with van der Waals surface area (Å²) in [5.41, 5.74) is 3.14. The van der Waals surface area contributed by atoms with E-state index < -0.39 is 0 Å². The summed E-state index contributed by atoms with van der Waals surface area (Å²) in [4.78, 5) is 13.7. The average Bonchev–Trinajstić information content (AvgIpc) is 3.05. The zero-order valence-corrected chi connectivity index (χ0v) is 20.3. The molecular formula is C29H35NO3. The van der Waals surface area contributed by atoms with Gasteiger partial charge in [-0.3, -0.25) is 4.79 Å². The Morgan fingerprint density at radius 2 is 1.73 bits per heavy atom. The molecule has 2 aliphatic rings. The Morgan fingerprint density at radius 3 is 2.39 bits per heavy atom. The van der Waals surface area contributed by atoms with Gasteiger partial charge in [0.2, 0.25) is 0 Å². The first-order valence-electron chi connectivity index (χ1n) is 12.2. The number of fused-ring (bicyclic) bond motifs is 1. The van der Waals surface area contributed by atoms with E-state index in [1.54, 1.807) is 0 Å². The van der Waals surface area contributed by atoms with Gasteiger partial charge in [-0.2, -0.15) is 0 Å². The number of rotatable bonds is 7. The quantitative estimate of drug-likeness (QED) is 0.389. The smallest absolute Gasteiger partial charge is 0.169 e. The minimum atomic E-state index is 0.0257. The molecule has 4 nitrogen and oxygen atoms in total. The Bertz CT molecular complexity index is 1140. The molecule has 33 heavy (non-hydrogen) atoms. The van der Waals surface area contributed by atoms with Gasteiger partial charge in [-0.05, 0) is 47.3 Å². The van der Waals surface area contributed by atoms with E-state index in [4.69, 9.17) is 9.47 Å². The molecule has 5 rings (SSSR count). The van der Waals surface area contributed by atoms with Crippen molar-refractivity contribution in [2.45, 2.75) is 53.7 Å². The first-order chi connectivity index (χ1) is 15.8. The van der Waals surface area contributed by atoms with Gasteiger partial charge in [0.15, 0.2) is 5.78 Å². The molecule has 0 radical (unpaired) electrons. The number of Topliss-reactive ketones (excluding diaryl/α,β-unsaturated/α-hetero) is 1. The molecule has 0 N–H and O–H groups in total. The normalized spacial score (nSPS) is 20.1. The molecule has 3 aromatic rings. The second-order valence-electron chi connectivity index (χ2n) is 10.9. The summed E-state index contributed by atoms with van der Waals surface area (Å²) in [6, 6.07) is 16.4. The lowest BCUT2D eigenvalue weighted by Crippen LogP contribution is -2.20. The Morgan fingerprint density at radius 1 is 1.03 bits per heavy atom. The van der Waals surface area contributed by atoms with Crippen LogP contribution in [0.15, 0.2) is 54.7 Å². The van der Waals surface area contributed by atoms with E-state index in [1.165, 1.54) is 0 Å². The lowest BCUT2D eigenvalue weighted by Gasteiger charge is -2.22. The highest BCUT2D eigenvalue weighted by Gasteiger charge is 2.68. The maximum Gasteiger partial charge on any atom is 0.169 e. The fourth-order valence-corrected chi connectivity index (χ4v) is 5.66. The van der Waals surface area contributed by atoms with Crippen molar-refractivity contribution in [1.29, 1.82) is 0 Å². The molecule has 4 heteroatoms. The molecule has 1 saturated carbocycles. The molecule has 2 aromatic carbocycles. The minimum absolute atomic E-state index is 0.0257. The van der Waals surface area contributed by atoms with Crippen molar-refractivity contribution < 1.29 is 14.3 Å². The summed E-state index contributed by atoms with van der Waals surface area (Å²) in [6.07, 6.45) is 4.24. The molecule has 0 spiro atoms. The second-order valence-corrected chi connectivity index (χ2v) is 10.9. The van der Waals surface area contributed by atoms with Gasteiger partial charge in [0.05, 0.1) is 5.52 Å². The van der Waals surface area contributed by atoms with Crippen molar-refractivity contribution in [2.75, 3.05) is 13.2 Å². The highest BCUT2D eigenvalue weighted by molar-refractivity contribution is 6.11. The zero-order valence-electron chi connectivity index (χ0n) is 20.3. The summed E-state index contributed by atoms with van der Waals surface area (Å²) in [5.74, 6) is 1.74. The van der Waals surface area contributed by atoms with Crippen LogP contribution in [-0.2, 0) is 17.9 Å². The Balaban J connectivity index is 1.47. The van der Waals surface area contributed by atoms with Crippen molar-refractivity contribution in [2.24, 2.45) is 22.7 Å². The van der Waals surface area contributed by atoms with Crippen molar-refractivity contribution in [1.82, 2.24) is 4.57 Å². The number of carbonyl (C=O) groups is 1. The van der Waals surface area contributed by atoms with Gasteiger partial charge < -0.3 is 14.0 Å². The van der Waals surface area contributed by atoms with Gasteiger partial charge in [-0.25, -0.2) is 0 Å². The molecule has 174 valence electrons. The Labute approximate surface area is 196 Å².